The Morgan fingerprint density at radius 3 is 1.93 bits per heavy atom. The van der Waals surface area contributed by atoms with E-state index >= 15 is 0 Å². The summed E-state index contributed by atoms with van der Waals surface area (Å²) in [4.78, 5) is 0. The van der Waals surface area contributed by atoms with Crippen molar-refractivity contribution < 1.29 is 4.74 Å². The van der Waals surface area contributed by atoms with Gasteiger partial charge in [0, 0.05) is 0 Å². The van der Waals surface area contributed by atoms with Gasteiger partial charge in [-0.2, -0.15) is 0 Å². The van der Waals surface area contributed by atoms with E-state index in [4.69, 9.17) is 4.74 Å². The summed E-state index contributed by atoms with van der Waals surface area (Å²) in [6.45, 7) is 0. The first-order valence-electron chi connectivity index (χ1n) is 4.34. The summed E-state index contributed by atoms with van der Waals surface area (Å²) in [5.41, 5.74) is 0. The molecule has 69 valence electrons. The van der Waals surface area contributed by atoms with Crippen LogP contribution in [0, 0.1) is 0 Å². The molecule has 2 aromatic carbocycles. The monoisotopic (exact) mass is 299 g/mol. The zero-order valence-corrected chi connectivity index (χ0v) is 9.84. The molecule has 1 radical (unpaired) electrons. The number of para-hydroxylation sites is 1. The van der Waals surface area contributed by atoms with E-state index in [9.17, 15) is 0 Å². The third kappa shape index (κ3) is 2.51. The molecule has 0 aliphatic carbocycles. The Bertz CT molecular complexity index is 394. The van der Waals surface area contributed by atoms with Gasteiger partial charge in [0.05, 0.1) is 0 Å². The van der Waals surface area contributed by atoms with Gasteiger partial charge in [-0.15, -0.1) is 0 Å². The van der Waals surface area contributed by atoms with Crippen molar-refractivity contribution in [3.05, 3.63) is 54.6 Å². The second-order valence-corrected chi connectivity index (χ2v) is 4.23. The molecule has 0 spiro atoms. The first-order chi connectivity index (χ1) is 6.84. The fourth-order valence-corrected chi connectivity index (χ4v) is 1.52. The Labute approximate surface area is 96.6 Å². The molecule has 2 rings (SSSR count). The van der Waals surface area contributed by atoms with Crippen LogP contribution in [0.2, 0.25) is 0 Å². The Hall–Kier alpha value is -0.970. The van der Waals surface area contributed by atoms with Crippen LogP contribution in [0.1, 0.15) is 0 Å². The van der Waals surface area contributed by atoms with Crippen LogP contribution in [0.15, 0.2) is 54.6 Å². The van der Waals surface area contributed by atoms with Crippen LogP contribution in [0.25, 0.3) is 0 Å². The van der Waals surface area contributed by atoms with Crippen LogP contribution < -0.4 is 8.35 Å². The normalized spacial score (nSPS) is 9.71. The first-order valence-corrected chi connectivity index (χ1v) is 5.51. The van der Waals surface area contributed by atoms with Crippen molar-refractivity contribution in [1.82, 2.24) is 0 Å². The van der Waals surface area contributed by atoms with Crippen LogP contribution in [0.4, 0.5) is 0 Å². The molecule has 0 aliphatic heterocycles. The third-order valence-corrected chi connectivity index (χ3v) is 2.58. The fraction of sp³-hybridized carbons (Fsp3) is 0. The topological polar surface area (TPSA) is 9.23 Å². The number of ether oxygens (including phenoxy) is 1. The van der Waals surface area contributed by atoms with E-state index < -0.39 is 0 Å². The molecule has 0 aromatic heterocycles. The van der Waals surface area contributed by atoms with Crippen molar-refractivity contribution in [2.45, 2.75) is 0 Å². The number of benzene rings is 2. The van der Waals surface area contributed by atoms with Crippen LogP contribution in [-0.2, 0) is 0 Å². The van der Waals surface area contributed by atoms with Gasteiger partial charge in [0.2, 0.25) is 0 Å². The molecule has 0 amide bonds. The summed E-state index contributed by atoms with van der Waals surface area (Å²) in [5.74, 6) is 1.75. The Balaban J connectivity index is 2.16. The van der Waals surface area contributed by atoms with E-state index in [1.165, 1.54) is 3.61 Å². The standard InChI is InChI=1S/C12H9OTe/c14-12-8-6-11(7-9-12)13-10-4-2-1-3-5-10/h1-9H. The SMILES string of the molecule is [Te]c1ccc(Oc2ccccc2)cc1. The molecule has 2 heteroatoms. The predicted octanol–water partition coefficient (Wildman–Crippen LogP) is 2.27. The summed E-state index contributed by atoms with van der Waals surface area (Å²) < 4.78 is 6.89. The van der Waals surface area contributed by atoms with Gasteiger partial charge in [-0.05, 0) is 0 Å². The average molecular weight is 297 g/mol. The number of hydrogen-bond donors (Lipinski definition) is 0. The Morgan fingerprint density at radius 1 is 0.714 bits per heavy atom. The molecule has 0 fully saturated rings. The first kappa shape index (κ1) is 9.58. The molecule has 2 aromatic rings. The summed E-state index contributed by atoms with van der Waals surface area (Å²) in [7, 11) is 0. The molecule has 14 heavy (non-hydrogen) atoms. The van der Waals surface area contributed by atoms with E-state index in [-0.39, 0.29) is 0 Å². The number of rotatable bonds is 2. The van der Waals surface area contributed by atoms with Gasteiger partial charge in [0.1, 0.15) is 0 Å². The zero-order valence-electron chi connectivity index (χ0n) is 7.51. The molecule has 0 heterocycles. The summed E-state index contributed by atoms with van der Waals surface area (Å²) in [6, 6.07) is 17.8. The molecule has 0 bridgehead atoms. The Morgan fingerprint density at radius 2 is 1.29 bits per heavy atom. The van der Waals surface area contributed by atoms with Crippen LogP contribution >= 0.6 is 0 Å². The molecule has 0 saturated heterocycles. The fourth-order valence-electron chi connectivity index (χ4n) is 1.13. The van der Waals surface area contributed by atoms with Gasteiger partial charge in [-0.25, -0.2) is 0 Å². The van der Waals surface area contributed by atoms with Crippen molar-refractivity contribution in [1.29, 1.82) is 0 Å². The van der Waals surface area contributed by atoms with Crippen molar-refractivity contribution in [2.75, 3.05) is 0 Å². The van der Waals surface area contributed by atoms with Crippen molar-refractivity contribution in [3.63, 3.8) is 0 Å². The molecule has 0 saturated carbocycles. The van der Waals surface area contributed by atoms with E-state index in [0.29, 0.717) is 0 Å². The molecule has 0 atom stereocenters. The average Bonchev–Trinajstić information content (AvgIpc) is 2.23. The van der Waals surface area contributed by atoms with E-state index in [2.05, 4.69) is 0 Å². The van der Waals surface area contributed by atoms with E-state index in [1.807, 2.05) is 76.9 Å². The van der Waals surface area contributed by atoms with Crippen LogP contribution in [0.5, 0.6) is 11.5 Å². The predicted molar refractivity (Wildman–Crippen MR) is 58.3 cm³/mol. The van der Waals surface area contributed by atoms with E-state index in [0.717, 1.165) is 11.5 Å². The second kappa shape index (κ2) is 4.50. The quantitative estimate of drug-likeness (QED) is 0.773. The minimum absolute atomic E-state index is 0.872. The molecule has 0 aliphatic rings. The summed E-state index contributed by atoms with van der Waals surface area (Å²) in [5, 5.41) is 0. The van der Waals surface area contributed by atoms with Crippen molar-refractivity contribution in [2.24, 2.45) is 0 Å². The van der Waals surface area contributed by atoms with Gasteiger partial charge in [0.15, 0.2) is 0 Å². The molecular weight excluding hydrogens is 288 g/mol. The summed E-state index contributed by atoms with van der Waals surface area (Å²) in [6.07, 6.45) is 0. The van der Waals surface area contributed by atoms with Gasteiger partial charge in [0.25, 0.3) is 0 Å². The van der Waals surface area contributed by atoms with E-state index in [1.54, 1.807) is 0 Å². The van der Waals surface area contributed by atoms with Gasteiger partial charge in [-0.3, -0.25) is 0 Å². The maximum absolute atomic E-state index is 5.63. The minimum atomic E-state index is 0.872. The molecular formula is C12H9OTe. The van der Waals surface area contributed by atoms with Gasteiger partial charge < -0.3 is 0 Å². The molecule has 0 unspecified atom stereocenters. The summed E-state index contributed by atoms with van der Waals surface area (Å²) >= 11 is 1.99. The zero-order chi connectivity index (χ0) is 9.80. The second-order valence-electron chi connectivity index (χ2n) is 2.89. The van der Waals surface area contributed by atoms with Gasteiger partial charge >= 0.3 is 96.7 Å². The van der Waals surface area contributed by atoms with Crippen molar-refractivity contribution >= 4 is 25.9 Å². The maximum atomic E-state index is 5.63. The number of hydrogen-bond acceptors (Lipinski definition) is 1. The van der Waals surface area contributed by atoms with Crippen molar-refractivity contribution in [3.8, 4) is 11.5 Å². The molecule has 0 N–H and O–H groups in total. The molecule has 1 nitrogen and oxygen atoms in total. The van der Waals surface area contributed by atoms with Crippen LogP contribution in [0.3, 0.4) is 0 Å². The third-order valence-electron chi connectivity index (χ3n) is 1.80. The van der Waals surface area contributed by atoms with Gasteiger partial charge in [-0.1, -0.05) is 0 Å². The Kier molecular flexibility index (Phi) is 3.08. The van der Waals surface area contributed by atoms with Crippen LogP contribution in [-0.4, -0.2) is 22.3 Å².